The molecule has 1 saturated heterocycles. The standard InChI is InChI=1S/C16H10ClNO2S2/c17-11-5-3-6-12(9-11)18-15(20)14(22-16(18)21)8-10-4-1-2-7-13(10)19/h1-9,19H/b14-8-. The lowest BCUT2D eigenvalue weighted by Gasteiger charge is -2.14. The average molecular weight is 348 g/mol. The van der Waals surface area contributed by atoms with E-state index in [4.69, 9.17) is 23.8 Å². The van der Waals surface area contributed by atoms with E-state index < -0.39 is 0 Å². The lowest BCUT2D eigenvalue weighted by molar-refractivity contribution is -0.113. The van der Waals surface area contributed by atoms with Crippen LogP contribution in [0.4, 0.5) is 5.69 Å². The van der Waals surface area contributed by atoms with Crippen molar-refractivity contribution in [3.63, 3.8) is 0 Å². The zero-order valence-electron chi connectivity index (χ0n) is 11.2. The van der Waals surface area contributed by atoms with Gasteiger partial charge in [0.2, 0.25) is 0 Å². The molecular formula is C16H10ClNO2S2. The second-order valence-corrected chi connectivity index (χ2v) is 6.67. The first-order valence-corrected chi connectivity index (χ1v) is 7.98. The Morgan fingerprint density at radius 2 is 1.95 bits per heavy atom. The molecule has 6 heteroatoms. The minimum atomic E-state index is -0.222. The van der Waals surface area contributed by atoms with Crippen LogP contribution in [0.5, 0.6) is 5.75 Å². The maximum Gasteiger partial charge on any atom is 0.270 e. The largest absolute Gasteiger partial charge is 0.507 e. The van der Waals surface area contributed by atoms with Crippen LogP contribution in [-0.4, -0.2) is 15.3 Å². The molecule has 3 rings (SSSR count). The Morgan fingerprint density at radius 3 is 2.68 bits per heavy atom. The number of carbonyl (C=O) groups excluding carboxylic acids is 1. The zero-order chi connectivity index (χ0) is 15.7. The third kappa shape index (κ3) is 2.88. The molecule has 1 amide bonds. The molecular weight excluding hydrogens is 338 g/mol. The Balaban J connectivity index is 1.97. The van der Waals surface area contributed by atoms with E-state index in [0.717, 1.165) is 0 Å². The number of aromatic hydroxyl groups is 1. The summed E-state index contributed by atoms with van der Waals surface area (Å²) in [5, 5.41) is 10.4. The molecule has 1 heterocycles. The van der Waals surface area contributed by atoms with Crippen molar-refractivity contribution in [3.05, 3.63) is 64.0 Å². The molecule has 22 heavy (non-hydrogen) atoms. The third-order valence-electron chi connectivity index (χ3n) is 3.08. The van der Waals surface area contributed by atoms with Crippen LogP contribution in [0.25, 0.3) is 6.08 Å². The number of para-hydroxylation sites is 1. The van der Waals surface area contributed by atoms with Gasteiger partial charge in [0.15, 0.2) is 4.32 Å². The number of phenols is 1. The molecule has 1 aliphatic heterocycles. The first kappa shape index (κ1) is 15.1. The number of hydrogen-bond donors (Lipinski definition) is 1. The predicted octanol–water partition coefficient (Wildman–Crippen LogP) is 4.45. The molecule has 0 aliphatic carbocycles. The molecule has 3 nitrogen and oxygen atoms in total. The van der Waals surface area contributed by atoms with Gasteiger partial charge in [-0.05, 0) is 30.3 Å². The van der Waals surface area contributed by atoms with E-state index in [9.17, 15) is 9.90 Å². The summed E-state index contributed by atoms with van der Waals surface area (Å²) in [6.45, 7) is 0. The number of amides is 1. The van der Waals surface area contributed by atoms with Crippen LogP contribution in [0, 0.1) is 0 Å². The fourth-order valence-electron chi connectivity index (χ4n) is 2.06. The van der Waals surface area contributed by atoms with Gasteiger partial charge in [0, 0.05) is 10.6 Å². The van der Waals surface area contributed by atoms with Gasteiger partial charge in [-0.1, -0.05) is 59.8 Å². The van der Waals surface area contributed by atoms with Gasteiger partial charge in [0.25, 0.3) is 5.91 Å². The van der Waals surface area contributed by atoms with Gasteiger partial charge in [0.1, 0.15) is 5.75 Å². The van der Waals surface area contributed by atoms with E-state index in [0.29, 0.717) is 25.5 Å². The first-order chi connectivity index (χ1) is 10.6. The van der Waals surface area contributed by atoms with E-state index in [1.807, 2.05) is 0 Å². The van der Waals surface area contributed by atoms with Crippen molar-refractivity contribution >= 4 is 57.6 Å². The summed E-state index contributed by atoms with van der Waals surface area (Å²) in [6, 6.07) is 13.8. The maximum absolute atomic E-state index is 12.6. The monoisotopic (exact) mass is 347 g/mol. The van der Waals surface area contributed by atoms with Gasteiger partial charge >= 0.3 is 0 Å². The fourth-order valence-corrected chi connectivity index (χ4v) is 3.53. The molecule has 0 aromatic heterocycles. The van der Waals surface area contributed by atoms with E-state index in [-0.39, 0.29) is 11.7 Å². The summed E-state index contributed by atoms with van der Waals surface area (Å²) in [5.41, 5.74) is 1.21. The van der Waals surface area contributed by atoms with Crippen LogP contribution in [-0.2, 0) is 4.79 Å². The molecule has 0 radical (unpaired) electrons. The summed E-state index contributed by atoms with van der Waals surface area (Å²) in [5.74, 6) is -0.101. The van der Waals surface area contributed by atoms with Crippen LogP contribution in [0.3, 0.4) is 0 Å². The topological polar surface area (TPSA) is 40.5 Å². The Hall–Kier alpha value is -1.82. The molecule has 1 aliphatic rings. The van der Waals surface area contributed by atoms with Crippen LogP contribution < -0.4 is 4.90 Å². The molecule has 0 saturated carbocycles. The fraction of sp³-hybridized carbons (Fsp3) is 0. The van der Waals surface area contributed by atoms with Crippen LogP contribution in [0.2, 0.25) is 5.02 Å². The third-order valence-corrected chi connectivity index (χ3v) is 4.62. The van der Waals surface area contributed by atoms with E-state index in [1.54, 1.807) is 54.6 Å². The van der Waals surface area contributed by atoms with Crippen molar-refractivity contribution in [2.24, 2.45) is 0 Å². The average Bonchev–Trinajstić information content (AvgIpc) is 2.76. The Kier molecular flexibility index (Phi) is 4.20. The number of rotatable bonds is 2. The van der Waals surface area contributed by atoms with Crippen LogP contribution in [0.1, 0.15) is 5.56 Å². The number of anilines is 1. The van der Waals surface area contributed by atoms with Crippen molar-refractivity contribution in [1.29, 1.82) is 0 Å². The number of halogens is 1. The van der Waals surface area contributed by atoms with Gasteiger partial charge in [-0.2, -0.15) is 0 Å². The van der Waals surface area contributed by atoms with Crippen molar-refractivity contribution in [3.8, 4) is 5.75 Å². The summed E-state index contributed by atoms with van der Waals surface area (Å²) >= 11 is 12.5. The molecule has 2 aromatic rings. The molecule has 1 N–H and O–H groups in total. The van der Waals surface area contributed by atoms with Gasteiger partial charge in [-0.15, -0.1) is 0 Å². The predicted molar refractivity (Wildman–Crippen MR) is 95.2 cm³/mol. The van der Waals surface area contributed by atoms with E-state index in [2.05, 4.69) is 0 Å². The van der Waals surface area contributed by atoms with E-state index >= 15 is 0 Å². The number of nitrogens with zero attached hydrogens (tertiary/aromatic N) is 1. The first-order valence-electron chi connectivity index (χ1n) is 6.38. The summed E-state index contributed by atoms with van der Waals surface area (Å²) < 4.78 is 0.439. The maximum atomic E-state index is 12.6. The second kappa shape index (κ2) is 6.12. The van der Waals surface area contributed by atoms with Gasteiger partial charge in [-0.25, -0.2) is 0 Å². The molecule has 2 aromatic carbocycles. The smallest absolute Gasteiger partial charge is 0.270 e. The van der Waals surface area contributed by atoms with Crippen molar-refractivity contribution < 1.29 is 9.90 Å². The van der Waals surface area contributed by atoms with Crippen molar-refractivity contribution in [2.75, 3.05) is 4.90 Å². The van der Waals surface area contributed by atoms with Crippen molar-refractivity contribution in [1.82, 2.24) is 0 Å². The Bertz CT molecular complexity index is 804. The summed E-state index contributed by atoms with van der Waals surface area (Å²) in [6.07, 6.45) is 1.64. The number of hydrogen-bond acceptors (Lipinski definition) is 4. The molecule has 1 fully saturated rings. The quantitative estimate of drug-likeness (QED) is 0.643. The number of carbonyl (C=O) groups is 1. The highest BCUT2D eigenvalue weighted by molar-refractivity contribution is 8.27. The van der Waals surface area contributed by atoms with Crippen LogP contribution >= 0.6 is 35.6 Å². The number of thiocarbonyl (C=S) groups is 1. The number of thioether (sulfide) groups is 1. The van der Waals surface area contributed by atoms with Gasteiger partial charge in [-0.3, -0.25) is 9.69 Å². The second-order valence-electron chi connectivity index (χ2n) is 4.56. The Morgan fingerprint density at radius 1 is 1.18 bits per heavy atom. The number of phenolic OH excluding ortho intramolecular Hbond substituents is 1. The molecule has 0 atom stereocenters. The Labute approximate surface area is 142 Å². The lowest BCUT2D eigenvalue weighted by atomic mass is 10.2. The highest BCUT2D eigenvalue weighted by Crippen LogP contribution is 2.37. The SMILES string of the molecule is O=C1/C(=C/c2ccccc2O)SC(=S)N1c1cccc(Cl)c1. The molecule has 0 bridgehead atoms. The highest BCUT2D eigenvalue weighted by atomic mass is 35.5. The molecule has 0 spiro atoms. The van der Waals surface area contributed by atoms with Crippen molar-refractivity contribution in [2.45, 2.75) is 0 Å². The van der Waals surface area contributed by atoms with E-state index in [1.165, 1.54) is 16.7 Å². The molecule has 0 unspecified atom stereocenters. The minimum Gasteiger partial charge on any atom is -0.507 e. The zero-order valence-corrected chi connectivity index (χ0v) is 13.6. The number of benzene rings is 2. The minimum absolute atomic E-state index is 0.121. The molecule has 110 valence electrons. The summed E-state index contributed by atoms with van der Waals surface area (Å²) in [7, 11) is 0. The highest BCUT2D eigenvalue weighted by Gasteiger charge is 2.33. The normalized spacial score (nSPS) is 16.6. The van der Waals surface area contributed by atoms with Gasteiger partial charge in [0.05, 0.1) is 10.6 Å². The summed E-state index contributed by atoms with van der Waals surface area (Å²) in [4.78, 5) is 14.5. The lowest BCUT2D eigenvalue weighted by Crippen LogP contribution is -2.27. The van der Waals surface area contributed by atoms with Crippen LogP contribution in [0.15, 0.2) is 53.4 Å². The van der Waals surface area contributed by atoms with Gasteiger partial charge < -0.3 is 5.11 Å².